The van der Waals surface area contributed by atoms with E-state index in [4.69, 9.17) is 0 Å². The summed E-state index contributed by atoms with van der Waals surface area (Å²) in [6.07, 6.45) is 12.3. The smallest absolute Gasteiger partial charge is 0.0358 e. The van der Waals surface area contributed by atoms with Crippen molar-refractivity contribution in [2.75, 3.05) is 21.1 Å². The Morgan fingerprint density at radius 3 is 2.48 bits per heavy atom. The Hall–Kier alpha value is -0.0800. The lowest BCUT2D eigenvalue weighted by Crippen LogP contribution is -2.60. The molecule has 1 aliphatic carbocycles. The average Bonchev–Trinajstić information content (AvgIpc) is 2.47. The fourth-order valence-corrected chi connectivity index (χ4v) is 4.52. The summed E-state index contributed by atoms with van der Waals surface area (Å²) in [4.78, 5) is 2.54. The molecule has 2 nitrogen and oxygen atoms in total. The molecule has 0 heterocycles. The van der Waals surface area contributed by atoms with Crippen LogP contribution in [0.3, 0.4) is 0 Å². The van der Waals surface area contributed by atoms with Crippen molar-refractivity contribution in [1.82, 2.24) is 10.2 Å². The van der Waals surface area contributed by atoms with Crippen LogP contribution in [0.15, 0.2) is 0 Å². The molecule has 0 spiro atoms. The molecule has 1 N–H and O–H groups in total. The Labute approximate surface area is 134 Å². The minimum atomic E-state index is 0.367. The summed E-state index contributed by atoms with van der Waals surface area (Å²) in [5, 5.41) is 3.71. The van der Waals surface area contributed by atoms with Gasteiger partial charge in [-0.3, -0.25) is 0 Å². The predicted octanol–water partition coefficient (Wildman–Crippen LogP) is 4.69. The zero-order valence-corrected chi connectivity index (χ0v) is 15.5. The maximum atomic E-state index is 3.71. The molecule has 1 aliphatic rings. The number of nitrogens with one attached hydrogen (secondary N) is 1. The van der Waals surface area contributed by atoms with Crippen LogP contribution in [0.2, 0.25) is 0 Å². The second-order valence-corrected chi connectivity index (χ2v) is 7.69. The maximum absolute atomic E-state index is 3.71. The molecule has 0 aromatic heterocycles. The van der Waals surface area contributed by atoms with Crippen molar-refractivity contribution in [2.45, 2.75) is 90.1 Å². The molecule has 0 aromatic rings. The lowest BCUT2D eigenvalue weighted by atomic mass is 9.69. The van der Waals surface area contributed by atoms with Gasteiger partial charge in [-0.25, -0.2) is 0 Å². The minimum Gasteiger partial charge on any atom is -0.315 e. The fraction of sp³-hybridized carbons (Fsp3) is 1.00. The molecule has 0 amide bonds. The van der Waals surface area contributed by atoms with Crippen LogP contribution >= 0.6 is 0 Å². The van der Waals surface area contributed by atoms with E-state index in [1.807, 2.05) is 0 Å². The quantitative estimate of drug-likeness (QED) is 0.664. The largest absolute Gasteiger partial charge is 0.315 e. The normalized spacial score (nSPS) is 29.6. The van der Waals surface area contributed by atoms with Crippen LogP contribution in [0, 0.1) is 11.8 Å². The molecule has 1 fully saturated rings. The summed E-state index contributed by atoms with van der Waals surface area (Å²) in [5.41, 5.74) is 0.367. The average molecular weight is 297 g/mol. The summed E-state index contributed by atoms with van der Waals surface area (Å²) in [6, 6.07) is 0.636. The van der Waals surface area contributed by atoms with E-state index in [0.717, 1.165) is 11.8 Å². The second-order valence-electron chi connectivity index (χ2n) is 7.69. The van der Waals surface area contributed by atoms with Gasteiger partial charge in [-0.1, -0.05) is 59.3 Å². The van der Waals surface area contributed by atoms with E-state index in [9.17, 15) is 0 Å². The van der Waals surface area contributed by atoms with E-state index in [1.54, 1.807) is 0 Å². The van der Waals surface area contributed by atoms with Crippen molar-refractivity contribution in [1.29, 1.82) is 0 Å². The third-order valence-corrected chi connectivity index (χ3v) is 6.01. The van der Waals surface area contributed by atoms with Crippen molar-refractivity contribution < 1.29 is 0 Å². The first-order valence-corrected chi connectivity index (χ1v) is 9.34. The topological polar surface area (TPSA) is 15.3 Å². The van der Waals surface area contributed by atoms with Gasteiger partial charge in [0.05, 0.1) is 0 Å². The highest BCUT2D eigenvalue weighted by molar-refractivity contribution is 5.02. The van der Waals surface area contributed by atoms with Crippen LogP contribution in [-0.2, 0) is 0 Å². The van der Waals surface area contributed by atoms with Crippen molar-refractivity contribution in [3.8, 4) is 0 Å². The van der Waals surface area contributed by atoms with Gasteiger partial charge in [-0.15, -0.1) is 0 Å². The third kappa shape index (κ3) is 4.96. The summed E-state index contributed by atoms with van der Waals surface area (Å²) in [5.74, 6) is 1.75. The molecule has 2 heteroatoms. The Kier molecular flexibility index (Phi) is 8.26. The van der Waals surface area contributed by atoms with E-state index >= 15 is 0 Å². The van der Waals surface area contributed by atoms with Gasteiger partial charge >= 0.3 is 0 Å². The number of nitrogens with zero attached hydrogens (tertiary/aromatic N) is 1. The molecule has 21 heavy (non-hydrogen) atoms. The molecule has 0 aliphatic heterocycles. The molecule has 126 valence electrons. The van der Waals surface area contributed by atoms with Crippen LogP contribution in [0.1, 0.15) is 78.6 Å². The molecule has 0 bridgehead atoms. The number of hydrogen-bond acceptors (Lipinski definition) is 2. The van der Waals surface area contributed by atoms with E-state index in [2.05, 4.69) is 52.1 Å². The summed E-state index contributed by atoms with van der Waals surface area (Å²) < 4.78 is 0. The van der Waals surface area contributed by atoms with Crippen molar-refractivity contribution in [3.05, 3.63) is 0 Å². The van der Waals surface area contributed by atoms with Crippen LogP contribution in [0.5, 0.6) is 0 Å². The molecule has 0 radical (unpaired) electrons. The molecule has 4 atom stereocenters. The van der Waals surface area contributed by atoms with Crippen LogP contribution in [0.4, 0.5) is 0 Å². The molecule has 0 saturated heterocycles. The minimum absolute atomic E-state index is 0.367. The second kappa shape index (κ2) is 9.15. The molecule has 1 rings (SSSR count). The van der Waals surface area contributed by atoms with E-state index in [0.29, 0.717) is 11.6 Å². The van der Waals surface area contributed by atoms with Gasteiger partial charge in [0, 0.05) is 11.6 Å². The summed E-state index contributed by atoms with van der Waals surface area (Å²) in [7, 11) is 6.78. The van der Waals surface area contributed by atoms with Gasteiger partial charge in [-0.05, 0) is 52.2 Å². The predicted molar refractivity (Wildman–Crippen MR) is 94.8 cm³/mol. The third-order valence-electron chi connectivity index (χ3n) is 6.01. The van der Waals surface area contributed by atoms with Gasteiger partial charge in [0.2, 0.25) is 0 Å². The zero-order valence-electron chi connectivity index (χ0n) is 15.5. The number of unbranched alkanes of at least 4 members (excludes halogenated alkanes) is 1. The van der Waals surface area contributed by atoms with E-state index in [-0.39, 0.29) is 0 Å². The van der Waals surface area contributed by atoms with Crippen LogP contribution < -0.4 is 5.32 Å². The first-order valence-electron chi connectivity index (χ1n) is 9.34. The van der Waals surface area contributed by atoms with Crippen molar-refractivity contribution in [3.63, 3.8) is 0 Å². The summed E-state index contributed by atoms with van der Waals surface area (Å²) in [6.45, 7) is 7.13. The van der Waals surface area contributed by atoms with E-state index < -0.39 is 0 Å². The Balaban J connectivity index is 2.81. The number of hydrogen-bond donors (Lipinski definition) is 1. The van der Waals surface area contributed by atoms with E-state index in [1.165, 1.54) is 57.8 Å². The highest BCUT2D eigenvalue weighted by atomic mass is 15.2. The standard InChI is InChI=1S/C19H40N2/c1-7-9-12-17(8-2)14-18(20-4)19(21(5)6)13-10-11-16(3)15-19/h16-18,20H,7-15H2,1-6H3. The number of rotatable bonds is 9. The van der Waals surface area contributed by atoms with Gasteiger partial charge in [0.25, 0.3) is 0 Å². The van der Waals surface area contributed by atoms with Crippen molar-refractivity contribution >= 4 is 0 Å². The molecular weight excluding hydrogens is 256 g/mol. The molecule has 4 unspecified atom stereocenters. The molecule has 0 aromatic carbocycles. The van der Waals surface area contributed by atoms with Crippen LogP contribution in [0.25, 0.3) is 0 Å². The van der Waals surface area contributed by atoms with Gasteiger partial charge in [0.15, 0.2) is 0 Å². The fourth-order valence-electron chi connectivity index (χ4n) is 4.52. The Morgan fingerprint density at radius 2 is 2.00 bits per heavy atom. The number of likely N-dealkylation sites (N-methyl/N-ethyl adjacent to an activating group) is 2. The molecule has 1 saturated carbocycles. The SMILES string of the molecule is CCCCC(CC)CC(NC)C1(N(C)C)CCCC(C)C1. The maximum Gasteiger partial charge on any atom is 0.0358 e. The van der Waals surface area contributed by atoms with Crippen molar-refractivity contribution in [2.24, 2.45) is 11.8 Å². The summed E-state index contributed by atoms with van der Waals surface area (Å²) >= 11 is 0. The first-order chi connectivity index (χ1) is 10.00. The highest BCUT2D eigenvalue weighted by Crippen LogP contribution is 2.40. The van der Waals surface area contributed by atoms with Gasteiger partial charge in [-0.2, -0.15) is 0 Å². The Morgan fingerprint density at radius 1 is 1.29 bits per heavy atom. The highest BCUT2D eigenvalue weighted by Gasteiger charge is 2.43. The monoisotopic (exact) mass is 296 g/mol. The lowest BCUT2D eigenvalue weighted by molar-refractivity contribution is 0.0303. The van der Waals surface area contributed by atoms with Crippen LogP contribution in [-0.4, -0.2) is 37.6 Å². The zero-order chi connectivity index (χ0) is 15.9. The Bertz CT molecular complexity index is 277. The lowest BCUT2D eigenvalue weighted by Gasteiger charge is -2.51. The van der Waals surface area contributed by atoms with Gasteiger partial charge in [0.1, 0.15) is 0 Å². The van der Waals surface area contributed by atoms with Gasteiger partial charge < -0.3 is 10.2 Å². The first kappa shape index (κ1) is 19.0. The molecular formula is C19H40N2.